The first-order valence-corrected chi connectivity index (χ1v) is 6.60. The number of esters is 1. The molecule has 1 amide bonds. The fraction of sp³-hybridized carbons (Fsp3) is 0.778. The Balaban J connectivity index is 2.65. The molecule has 0 radical (unpaired) electrons. The molecule has 0 spiro atoms. The van der Waals surface area contributed by atoms with Crippen molar-refractivity contribution in [2.45, 2.75) is 32.2 Å². The van der Waals surface area contributed by atoms with Crippen LogP contribution in [-0.2, 0) is 9.53 Å². The quantitative estimate of drug-likeness (QED) is 0.707. The Morgan fingerprint density at radius 3 is 2.87 bits per heavy atom. The summed E-state index contributed by atoms with van der Waals surface area (Å²) in [4.78, 5) is 24.5. The van der Waals surface area contributed by atoms with Crippen LogP contribution in [0, 0.1) is 0 Å². The number of nitrogens with zero attached hydrogens (tertiary/aromatic N) is 1. The van der Waals surface area contributed by atoms with Gasteiger partial charge in [-0.05, 0) is 36.9 Å². The predicted molar refractivity (Wildman–Crippen MR) is 59.8 cm³/mol. The summed E-state index contributed by atoms with van der Waals surface area (Å²) < 4.78 is 4.92. The summed E-state index contributed by atoms with van der Waals surface area (Å²) in [6.45, 7) is 2.68. The second-order valence-electron chi connectivity index (χ2n) is 3.30. The van der Waals surface area contributed by atoms with Gasteiger partial charge in [0.05, 0.1) is 6.61 Å². The van der Waals surface area contributed by atoms with Gasteiger partial charge >= 0.3 is 5.97 Å². The van der Waals surface area contributed by atoms with E-state index < -0.39 is 6.04 Å². The van der Waals surface area contributed by atoms with Crippen molar-refractivity contribution >= 4 is 32.9 Å². The molecule has 0 aromatic carbocycles. The smallest absolute Gasteiger partial charge is 0.328 e. The van der Waals surface area contributed by atoms with Crippen molar-refractivity contribution in [2.24, 2.45) is 0 Å². The minimum atomic E-state index is -0.447. The number of hydrogen-bond donors (Lipinski definition) is 0. The lowest BCUT2D eigenvalue weighted by molar-refractivity contribution is -0.149. The zero-order valence-electron chi connectivity index (χ0n) is 8.57. The van der Waals surface area contributed by atoms with Crippen molar-refractivity contribution in [3.05, 3.63) is 0 Å². The van der Waals surface area contributed by atoms with Crippen LogP contribution in [-0.4, -0.2) is 35.3 Å². The number of amides is 1. The molecule has 1 unspecified atom stereocenters. The molecule has 0 aromatic heterocycles. The molecule has 1 fully saturated rings. The summed E-state index contributed by atoms with van der Waals surface area (Å²) in [5, 5.41) is -0.269. The van der Waals surface area contributed by atoms with Crippen LogP contribution in [0.3, 0.4) is 0 Å². The molecule has 15 heavy (non-hydrogen) atoms. The zero-order chi connectivity index (χ0) is 11.3. The van der Waals surface area contributed by atoms with E-state index in [-0.39, 0.29) is 11.2 Å². The first-order valence-electron chi connectivity index (χ1n) is 4.96. The monoisotopic (exact) mass is 251 g/mol. The van der Waals surface area contributed by atoms with E-state index in [0.717, 1.165) is 12.8 Å². The van der Waals surface area contributed by atoms with Gasteiger partial charge in [0.2, 0.25) is 0 Å². The Kier molecular flexibility index (Phi) is 5.25. The Bertz CT molecular complexity index is 250. The van der Waals surface area contributed by atoms with Crippen LogP contribution in [0.2, 0.25) is 0 Å². The van der Waals surface area contributed by atoms with Gasteiger partial charge in [-0.15, -0.1) is 0 Å². The topological polar surface area (TPSA) is 46.6 Å². The third-order valence-corrected chi connectivity index (χ3v) is 3.12. The fourth-order valence-electron chi connectivity index (χ4n) is 1.68. The normalized spacial score (nSPS) is 21.2. The Morgan fingerprint density at radius 1 is 1.53 bits per heavy atom. The lowest BCUT2D eigenvalue weighted by atomic mass is 10.0. The Labute approximate surface area is 97.8 Å². The number of hydrogen-bond acceptors (Lipinski definition) is 4. The van der Waals surface area contributed by atoms with Gasteiger partial charge in [0, 0.05) is 17.5 Å². The average molecular weight is 252 g/mol. The van der Waals surface area contributed by atoms with Gasteiger partial charge in [-0.1, -0.05) is 0 Å². The zero-order valence-corrected chi connectivity index (χ0v) is 10.1. The largest absolute Gasteiger partial charge is 0.464 e. The van der Waals surface area contributed by atoms with Crippen LogP contribution in [0.5, 0.6) is 0 Å². The molecule has 0 N–H and O–H groups in total. The van der Waals surface area contributed by atoms with E-state index in [0.29, 0.717) is 30.5 Å². The molecule has 1 aliphatic rings. The standard InChI is InChI=1S/C9H14ClNO3S/c1-2-14-8(12)7-5-3-4-6-11(7)9(13)15-10/h7H,2-6H2,1H3. The number of piperidine rings is 1. The summed E-state index contributed by atoms with van der Waals surface area (Å²) in [5.74, 6) is -0.323. The average Bonchev–Trinajstić information content (AvgIpc) is 2.28. The molecule has 1 rings (SSSR count). The van der Waals surface area contributed by atoms with Crippen molar-refractivity contribution in [1.82, 2.24) is 4.90 Å². The number of halogens is 1. The first kappa shape index (κ1) is 12.6. The number of rotatable bonds is 2. The third-order valence-electron chi connectivity index (χ3n) is 2.36. The van der Waals surface area contributed by atoms with Crippen molar-refractivity contribution in [1.29, 1.82) is 0 Å². The minimum absolute atomic E-state index is 0.269. The number of carbonyl (C=O) groups excluding carboxylic acids is 2. The molecule has 4 nitrogen and oxygen atoms in total. The molecule has 0 bridgehead atoms. The van der Waals surface area contributed by atoms with Gasteiger partial charge in [0.15, 0.2) is 0 Å². The molecule has 1 atom stereocenters. The van der Waals surface area contributed by atoms with Crippen molar-refractivity contribution in [2.75, 3.05) is 13.2 Å². The van der Waals surface area contributed by atoms with Crippen LogP contribution in [0.25, 0.3) is 0 Å². The molecular formula is C9H14ClNO3S. The second kappa shape index (κ2) is 6.23. The second-order valence-corrected chi connectivity index (χ2v) is 4.27. The van der Waals surface area contributed by atoms with E-state index in [1.165, 1.54) is 4.90 Å². The molecular weight excluding hydrogens is 238 g/mol. The highest BCUT2D eigenvalue weighted by molar-refractivity contribution is 8.32. The highest BCUT2D eigenvalue weighted by Gasteiger charge is 2.33. The maximum absolute atomic E-state index is 11.6. The van der Waals surface area contributed by atoms with E-state index in [9.17, 15) is 9.59 Å². The molecule has 1 saturated heterocycles. The molecule has 6 heteroatoms. The van der Waals surface area contributed by atoms with E-state index in [1.807, 2.05) is 0 Å². The molecule has 0 aromatic rings. The summed E-state index contributed by atoms with van der Waals surface area (Å²) in [7, 11) is 6.03. The molecule has 86 valence electrons. The lowest BCUT2D eigenvalue weighted by Gasteiger charge is -2.32. The Hall–Kier alpha value is -0.420. The third kappa shape index (κ3) is 3.28. The number of ether oxygens (including phenoxy) is 1. The van der Waals surface area contributed by atoms with Crippen molar-refractivity contribution in [3.63, 3.8) is 0 Å². The summed E-state index contributed by atoms with van der Waals surface area (Å²) in [5.41, 5.74) is 0. The molecule has 0 saturated carbocycles. The highest BCUT2D eigenvalue weighted by Crippen LogP contribution is 2.23. The SMILES string of the molecule is CCOC(=O)C1CCCCN1C(=O)SCl. The molecule has 1 heterocycles. The highest BCUT2D eigenvalue weighted by atomic mass is 35.7. The summed E-state index contributed by atoms with van der Waals surface area (Å²) in [6, 6.07) is -0.447. The van der Waals surface area contributed by atoms with Crippen molar-refractivity contribution < 1.29 is 14.3 Å². The van der Waals surface area contributed by atoms with E-state index >= 15 is 0 Å². The molecule has 1 aliphatic heterocycles. The summed E-state index contributed by atoms with van der Waals surface area (Å²) in [6.07, 6.45) is 2.53. The van der Waals surface area contributed by atoms with Crippen molar-refractivity contribution in [3.8, 4) is 0 Å². The van der Waals surface area contributed by atoms with Crippen LogP contribution in [0.15, 0.2) is 0 Å². The van der Waals surface area contributed by atoms with Gasteiger partial charge in [-0.3, -0.25) is 4.79 Å². The fourth-order valence-corrected chi connectivity index (χ4v) is 2.25. The van der Waals surface area contributed by atoms with E-state index in [4.69, 9.17) is 15.4 Å². The lowest BCUT2D eigenvalue weighted by Crippen LogP contribution is -2.47. The molecule has 0 aliphatic carbocycles. The maximum atomic E-state index is 11.6. The first-order chi connectivity index (χ1) is 7.20. The van der Waals surface area contributed by atoms with Gasteiger partial charge in [-0.25, -0.2) is 4.79 Å². The maximum Gasteiger partial charge on any atom is 0.328 e. The minimum Gasteiger partial charge on any atom is -0.464 e. The van der Waals surface area contributed by atoms with Gasteiger partial charge < -0.3 is 9.64 Å². The Morgan fingerprint density at radius 2 is 2.27 bits per heavy atom. The predicted octanol–water partition coefficient (Wildman–Crippen LogP) is 2.41. The van der Waals surface area contributed by atoms with E-state index in [2.05, 4.69) is 0 Å². The summed E-state index contributed by atoms with van der Waals surface area (Å²) >= 11 is 0. The number of likely N-dealkylation sites (tertiary alicyclic amines) is 1. The van der Waals surface area contributed by atoms with Crippen LogP contribution in [0.1, 0.15) is 26.2 Å². The van der Waals surface area contributed by atoms with Gasteiger partial charge in [0.25, 0.3) is 5.24 Å². The van der Waals surface area contributed by atoms with Gasteiger partial charge in [-0.2, -0.15) is 0 Å². The van der Waals surface area contributed by atoms with Crippen LogP contribution >= 0.6 is 21.7 Å². The number of carbonyl (C=O) groups is 2. The van der Waals surface area contributed by atoms with Crippen LogP contribution in [0.4, 0.5) is 4.79 Å². The van der Waals surface area contributed by atoms with E-state index in [1.54, 1.807) is 6.92 Å². The van der Waals surface area contributed by atoms with Gasteiger partial charge in [0.1, 0.15) is 6.04 Å². The van der Waals surface area contributed by atoms with Crippen LogP contribution < -0.4 is 0 Å².